The van der Waals surface area contributed by atoms with Gasteiger partial charge < -0.3 is 25.3 Å². The minimum absolute atomic E-state index is 0.0390. The van der Waals surface area contributed by atoms with E-state index >= 15 is 4.39 Å². The lowest BCUT2D eigenvalue weighted by Crippen LogP contribution is -2.72. The summed E-state index contributed by atoms with van der Waals surface area (Å²) in [6.45, 7) is 2.89. The molecule has 2 saturated heterocycles. The van der Waals surface area contributed by atoms with E-state index in [1.165, 1.54) is 6.07 Å². The van der Waals surface area contributed by atoms with Gasteiger partial charge in [-0.15, -0.1) is 0 Å². The number of carbonyl (C=O) groups is 3. The number of nitrogens with zero attached hydrogens (tertiary/aromatic N) is 1. The Kier molecular flexibility index (Phi) is 4.66. The highest BCUT2D eigenvalue weighted by molar-refractivity contribution is 6.22. The molecule has 0 aliphatic carbocycles. The predicted octanol–water partition coefficient (Wildman–Crippen LogP) is 0.0318. The van der Waals surface area contributed by atoms with Gasteiger partial charge in [-0.05, 0) is 31.9 Å². The third-order valence-electron chi connectivity index (χ3n) is 6.20. The number of Topliss-reactive ketones (excluding diaryl/α,β-unsaturated/α-hetero) is 1. The summed E-state index contributed by atoms with van der Waals surface area (Å²) >= 11 is 0. The first-order valence-corrected chi connectivity index (χ1v) is 9.64. The summed E-state index contributed by atoms with van der Waals surface area (Å²) in [5.41, 5.74) is -2.01. The van der Waals surface area contributed by atoms with E-state index in [4.69, 9.17) is 10.1 Å². The maximum absolute atomic E-state index is 15.3. The molecule has 0 radical (unpaired) electrons. The Morgan fingerprint density at radius 1 is 1.40 bits per heavy atom. The van der Waals surface area contributed by atoms with Crippen LogP contribution in [0.2, 0.25) is 0 Å². The predicted molar refractivity (Wildman–Crippen MR) is 102 cm³/mol. The number of carbonyl (C=O) groups excluding carboxylic acids is 3. The van der Waals surface area contributed by atoms with Crippen LogP contribution in [0.15, 0.2) is 6.07 Å². The number of phenolic OH excluding ortho intramolecular Hbond substituents is 1. The van der Waals surface area contributed by atoms with Crippen molar-refractivity contribution in [2.45, 2.75) is 44.9 Å². The molecule has 1 spiro atoms. The molecule has 1 aromatic rings. The van der Waals surface area contributed by atoms with Crippen molar-refractivity contribution in [3.05, 3.63) is 23.0 Å². The van der Waals surface area contributed by atoms with Crippen LogP contribution in [0.4, 0.5) is 10.1 Å². The fourth-order valence-electron chi connectivity index (χ4n) is 5.06. The summed E-state index contributed by atoms with van der Waals surface area (Å²) in [6, 6.07) is 0.449. The van der Waals surface area contributed by atoms with Crippen molar-refractivity contribution in [3.8, 4) is 5.75 Å². The highest BCUT2D eigenvalue weighted by Gasteiger charge is 2.62. The van der Waals surface area contributed by atoms with Gasteiger partial charge in [0.15, 0.2) is 17.3 Å². The van der Waals surface area contributed by atoms with E-state index in [9.17, 15) is 24.6 Å². The number of imide groups is 1. The number of halogens is 1. The van der Waals surface area contributed by atoms with Gasteiger partial charge in [-0.25, -0.2) is 4.39 Å². The summed E-state index contributed by atoms with van der Waals surface area (Å²) in [7, 11) is 0. The number of morpholine rings is 1. The van der Waals surface area contributed by atoms with E-state index in [0.717, 1.165) is 0 Å². The van der Waals surface area contributed by atoms with Crippen molar-refractivity contribution >= 4 is 29.0 Å². The van der Waals surface area contributed by atoms with Gasteiger partial charge in [-0.3, -0.25) is 19.7 Å². The molecule has 9 nitrogen and oxygen atoms in total. The zero-order valence-electron chi connectivity index (χ0n) is 16.5. The smallest absolute Gasteiger partial charge is 0.242 e. The molecule has 2 fully saturated rings. The van der Waals surface area contributed by atoms with Gasteiger partial charge in [0, 0.05) is 12.1 Å². The zero-order chi connectivity index (χ0) is 22.0. The normalized spacial score (nSPS) is 30.7. The maximum Gasteiger partial charge on any atom is 0.242 e. The van der Waals surface area contributed by atoms with Crippen LogP contribution < -0.4 is 10.2 Å². The highest BCUT2D eigenvalue weighted by Crippen LogP contribution is 2.50. The number of piperidine rings is 1. The quantitative estimate of drug-likeness (QED) is 0.301. The van der Waals surface area contributed by atoms with Crippen LogP contribution in [0.5, 0.6) is 5.75 Å². The number of phenols is 1. The molecule has 0 bridgehead atoms. The van der Waals surface area contributed by atoms with E-state index < -0.39 is 65.5 Å². The first kappa shape index (κ1) is 20.4. The van der Waals surface area contributed by atoms with E-state index in [1.54, 1.807) is 18.7 Å². The fourth-order valence-corrected chi connectivity index (χ4v) is 5.06. The standard InChI is InChI=1S/C20H22FN3O6/c1-8-6-24-16-10(3-11(12(22)7-25)17(28)15(16)21)5-20(18(24)9(2)30-8)13(26)4-14(27)23-19(20)29/h3,8-9,18,22,25,28H,4-7H2,1-2H3,(H,23,27,29)/t8-,9+,18-,20?/m1/s1. The molecule has 3 aliphatic heterocycles. The zero-order valence-corrected chi connectivity index (χ0v) is 16.5. The first-order valence-electron chi connectivity index (χ1n) is 9.64. The van der Waals surface area contributed by atoms with Crippen LogP contribution in [-0.2, 0) is 25.5 Å². The molecule has 0 aromatic heterocycles. The number of amides is 2. The van der Waals surface area contributed by atoms with E-state index in [2.05, 4.69) is 5.32 Å². The summed E-state index contributed by atoms with van der Waals surface area (Å²) < 4.78 is 21.2. The van der Waals surface area contributed by atoms with Gasteiger partial charge in [0.05, 0.1) is 42.7 Å². The molecule has 10 heteroatoms. The second kappa shape index (κ2) is 6.85. The number of hydrogen-bond acceptors (Lipinski definition) is 8. The number of aromatic hydroxyl groups is 1. The number of hydrogen-bond donors (Lipinski definition) is 4. The van der Waals surface area contributed by atoms with Crippen molar-refractivity contribution in [2.24, 2.45) is 5.41 Å². The molecule has 4 N–H and O–H groups in total. The van der Waals surface area contributed by atoms with Gasteiger partial charge >= 0.3 is 0 Å². The van der Waals surface area contributed by atoms with Crippen LogP contribution in [0.1, 0.15) is 31.4 Å². The molecule has 4 rings (SSSR count). The Hall–Kier alpha value is -2.85. The monoisotopic (exact) mass is 419 g/mol. The van der Waals surface area contributed by atoms with Crippen molar-refractivity contribution < 1.29 is 33.7 Å². The van der Waals surface area contributed by atoms with Crippen molar-refractivity contribution in [3.63, 3.8) is 0 Å². The first-order chi connectivity index (χ1) is 14.1. The van der Waals surface area contributed by atoms with Gasteiger partial charge in [-0.2, -0.15) is 0 Å². The minimum atomic E-state index is -1.68. The van der Waals surface area contributed by atoms with E-state index in [1.807, 2.05) is 0 Å². The molecule has 3 heterocycles. The number of aliphatic hydroxyl groups is 1. The van der Waals surface area contributed by atoms with E-state index in [-0.39, 0.29) is 35.9 Å². The number of anilines is 1. The summed E-state index contributed by atoms with van der Waals surface area (Å²) in [6.07, 6.45) is -1.68. The number of rotatable bonds is 2. The Morgan fingerprint density at radius 2 is 2.10 bits per heavy atom. The number of nitrogens with one attached hydrogen (secondary N) is 2. The van der Waals surface area contributed by atoms with Gasteiger partial charge in [0.1, 0.15) is 5.41 Å². The summed E-state index contributed by atoms with van der Waals surface area (Å²) in [5.74, 6) is -3.79. The number of ether oxygens (including phenoxy) is 1. The summed E-state index contributed by atoms with van der Waals surface area (Å²) in [5, 5.41) is 29.7. The molecule has 1 unspecified atom stereocenters. The molecule has 160 valence electrons. The maximum atomic E-state index is 15.3. The van der Waals surface area contributed by atoms with Crippen molar-refractivity contribution in [2.75, 3.05) is 18.1 Å². The van der Waals surface area contributed by atoms with Crippen molar-refractivity contribution in [1.82, 2.24) is 5.32 Å². The lowest BCUT2D eigenvalue weighted by molar-refractivity contribution is -0.158. The molecular formula is C20H22FN3O6. The fraction of sp³-hybridized carbons (Fsp3) is 0.500. The highest BCUT2D eigenvalue weighted by atomic mass is 19.1. The van der Waals surface area contributed by atoms with Gasteiger partial charge in [0.25, 0.3) is 0 Å². The van der Waals surface area contributed by atoms with E-state index in [0.29, 0.717) is 0 Å². The molecule has 2 amide bonds. The average molecular weight is 419 g/mol. The average Bonchev–Trinajstić information content (AvgIpc) is 2.67. The van der Waals surface area contributed by atoms with Crippen molar-refractivity contribution in [1.29, 1.82) is 5.41 Å². The van der Waals surface area contributed by atoms with Crippen LogP contribution >= 0.6 is 0 Å². The molecule has 4 atom stereocenters. The Bertz CT molecular complexity index is 973. The molecular weight excluding hydrogens is 397 g/mol. The Balaban J connectivity index is 1.98. The summed E-state index contributed by atoms with van der Waals surface area (Å²) in [4.78, 5) is 39.5. The Morgan fingerprint density at radius 3 is 2.73 bits per heavy atom. The number of benzene rings is 1. The Labute approximate surface area is 171 Å². The lowest BCUT2D eigenvalue weighted by atomic mass is 9.63. The molecule has 0 saturated carbocycles. The minimum Gasteiger partial charge on any atom is -0.504 e. The van der Waals surface area contributed by atoms with Gasteiger partial charge in [-0.1, -0.05) is 0 Å². The number of ketones is 1. The van der Waals surface area contributed by atoms with Gasteiger partial charge in [0.2, 0.25) is 11.8 Å². The lowest BCUT2D eigenvalue weighted by Gasteiger charge is -2.55. The van der Waals surface area contributed by atoms with Crippen LogP contribution in [0, 0.1) is 16.6 Å². The third kappa shape index (κ3) is 2.67. The largest absolute Gasteiger partial charge is 0.504 e. The number of fused-ring (bicyclic) bond motifs is 4. The third-order valence-corrected chi connectivity index (χ3v) is 6.20. The molecule has 30 heavy (non-hydrogen) atoms. The topological polar surface area (TPSA) is 140 Å². The molecule has 3 aliphatic rings. The number of aliphatic hydroxyl groups excluding tert-OH is 1. The van der Waals surface area contributed by atoms with Crippen LogP contribution in [0.25, 0.3) is 0 Å². The van der Waals surface area contributed by atoms with Crippen LogP contribution in [-0.4, -0.2) is 64.9 Å². The second-order valence-corrected chi connectivity index (χ2v) is 8.11. The molecule has 1 aromatic carbocycles. The second-order valence-electron chi connectivity index (χ2n) is 8.11. The van der Waals surface area contributed by atoms with Crippen LogP contribution in [0.3, 0.4) is 0 Å². The SMILES string of the molecule is C[C@@H]1CN2c3c(cc(C(=N)CO)c(O)c3F)CC3(C(=O)CC(=O)NC3=O)[C@H]2[C@H](C)O1.